The van der Waals surface area contributed by atoms with E-state index in [9.17, 15) is 14.0 Å². The van der Waals surface area contributed by atoms with E-state index in [1.807, 2.05) is 36.1 Å². The lowest BCUT2D eigenvalue weighted by atomic mass is 10.2. The Labute approximate surface area is 190 Å². The quantitative estimate of drug-likeness (QED) is 0.697. The maximum atomic E-state index is 13.7. The molecule has 0 spiro atoms. The zero-order valence-electron chi connectivity index (χ0n) is 17.5. The van der Waals surface area contributed by atoms with E-state index in [2.05, 4.69) is 6.92 Å². The van der Waals surface area contributed by atoms with Gasteiger partial charge in [-0.3, -0.25) is 9.59 Å². The molecule has 0 aromatic heterocycles. The van der Waals surface area contributed by atoms with Crippen LogP contribution in [-0.4, -0.2) is 49.4 Å². The molecule has 0 unspecified atom stereocenters. The molecule has 0 saturated carbocycles. The Morgan fingerprint density at radius 1 is 1.06 bits per heavy atom. The Morgan fingerprint density at radius 3 is 2.35 bits per heavy atom. The van der Waals surface area contributed by atoms with Gasteiger partial charge < -0.3 is 9.80 Å². The Morgan fingerprint density at radius 2 is 1.74 bits per heavy atom. The van der Waals surface area contributed by atoms with Gasteiger partial charge in [0.05, 0.1) is 43.4 Å². The molecule has 2 aliphatic heterocycles. The molecule has 2 aromatic rings. The molecule has 8 heteroatoms. The molecule has 2 aliphatic rings. The third kappa shape index (κ3) is 4.35. The number of hydrogen-bond donors (Lipinski definition) is 1. The highest BCUT2D eigenvalue weighted by Gasteiger charge is 2.43. The highest BCUT2D eigenvalue weighted by Crippen LogP contribution is 2.39. The van der Waals surface area contributed by atoms with Crippen molar-refractivity contribution in [3.05, 3.63) is 69.5 Å². The topological polar surface area (TPSA) is 45.1 Å². The number of benzene rings is 2. The Bertz CT molecular complexity index is 1050. The average Bonchev–Trinajstić information content (AvgIpc) is 3.01. The number of piperazine rings is 1. The molecule has 0 radical (unpaired) electrons. The van der Waals surface area contributed by atoms with Crippen LogP contribution in [0.15, 0.2) is 58.0 Å². The second-order valence-electron chi connectivity index (χ2n) is 7.73. The third-order valence-corrected chi connectivity index (χ3v) is 7.08. The molecule has 162 valence electrons. The largest absolute Gasteiger partial charge is 0.355 e. The molecular formula is C23H24ClFN3O2S+. The van der Waals surface area contributed by atoms with Gasteiger partial charge in [0.25, 0.3) is 11.8 Å². The predicted molar refractivity (Wildman–Crippen MR) is 121 cm³/mol. The number of thioether (sulfide) groups is 1. The number of carbonyl (C=O) groups excluding carboxylic acids is 2. The van der Waals surface area contributed by atoms with Crippen LogP contribution >= 0.6 is 23.4 Å². The van der Waals surface area contributed by atoms with Gasteiger partial charge in [-0.2, -0.15) is 0 Å². The van der Waals surface area contributed by atoms with Crippen molar-refractivity contribution in [1.29, 1.82) is 0 Å². The van der Waals surface area contributed by atoms with Gasteiger partial charge in [0.1, 0.15) is 16.4 Å². The van der Waals surface area contributed by atoms with Crippen molar-refractivity contribution in [3.8, 4) is 0 Å². The van der Waals surface area contributed by atoms with Gasteiger partial charge in [0, 0.05) is 4.90 Å². The average molecular weight is 461 g/mol. The van der Waals surface area contributed by atoms with Crippen molar-refractivity contribution < 1.29 is 18.9 Å². The van der Waals surface area contributed by atoms with Crippen molar-refractivity contribution in [2.75, 3.05) is 37.6 Å². The summed E-state index contributed by atoms with van der Waals surface area (Å²) in [6.07, 6.45) is 0. The van der Waals surface area contributed by atoms with E-state index in [1.54, 1.807) is 0 Å². The Hall–Kier alpha value is -2.35. The van der Waals surface area contributed by atoms with Crippen LogP contribution in [0.3, 0.4) is 0 Å². The van der Waals surface area contributed by atoms with Crippen molar-refractivity contribution in [2.45, 2.75) is 18.7 Å². The number of nitrogens with zero attached hydrogens (tertiary/aromatic N) is 2. The standard InChI is InChI=1S/C23H23ClFN3O2S/c1-3-26-10-12-27(13-11-26)20-21(31-17-7-4-15(2)5-8-17)23(30)28(22(20)29)16-6-9-19(25)18(24)14-16/h4-9,14H,3,10-13H2,1-2H3/p+1. The molecule has 2 heterocycles. The van der Waals surface area contributed by atoms with Gasteiger partial charge in [0.15, 0.2) is 0 Å². The zero-order valence-corrected chi connectivity index (χ0v) is 19.0. The molecule has 1 fully saturated rings. The number of carbonyl (C=O) groups is 2. The van der Waals surface area contributed by atoms with E-state index in [-0.39, 0.29) is 16.6 Å². The molecule has 31 heavy (non-hydrogen) atoms. The van der Waals surface area contributed by atoms with Crippen LogP contribution in [0, 0.1) is 12.7 Å². The number of amides is 2. The first-order valence-corrected chi connectivity index (χ1v) is 11.5. The lowest BCUT2D eigenvalue weighted by Crippen LogP contribution is -3.14. The molecule has 4 rings (SSSR count). The summed E-state index contributed by atoms with van der Waals surface area (Å²) in [5, 5.41) is -0.126. The number of aryl methyl sites for hydroxylation is 1. The van der Waals surface area contributed by atoms with Crippen LogP contribution in [0.4, 0.5) is 10.1 Å². The smallest absolute Gasteiger partial charge is 0.283 e. The van der Waals surface area contributed by atoms with Crippen LogP contribution in [0.2, 0.25) is 5.02 Å². The molecule has 1 N–H and O–H groups in total. The van der Waals surface area contributed by atoms with Crippen LogP contribution in [0.1, 0.15) is 12.5 Å². The fraction of sp³-hybridized carbons (Fsp3) is 0.304. The van der Waals surface area contributed by atoms with Crippen LogP contribution < -0.4 is 9.80 Å². The summed E-state index contributed by atoms with van der Waals surface area (Å²) in [6, 6.07) is 11.7. The first-order chi connectivity index (χ1) is 14.9. The molecule has 1 saturated heterocycles. The molecule has 5 nitrogen and oxygen atoms in total. The Kier molecular flexibility index (Phi) is 6.36. The first-order valence-electron chi connectivity index (χ1n) is 10.3. The lowest BCUT2D eigenvalue weighted by Gasteiger charge is -2.33. The molecular weight excluding hydrogens is 437 g/mol. The maximum Gasteiger partial charge on any atom is 0.283 e. The third-order valence-electron chi connectivity index (χ3n) is 5.71. The Balaban J connectivity index is 1.71. The molecule has 0 atom stereocenters. The van der Waals surface area contributed by atoms with E-state index in [0.29, 0.717) is 23.7 Å². The van der Waals surface area contributed by atoms with Gasteiger partial charge in [-0.15, -0.1) is 0 Å². The van der Waals surface area contributed by atoms with Gasteiger partial charge in [0.2, 0.25) is 0 Å². The fourth-order valence-electron chi connectivity index (χ4n) is 3.85. The number of quaternary nitrogens is 1. The second-order valence-corrected chi connectivity index (χ2v) is 9.22. The number of likely N-dealkylation sites (N-methyl/N-ethyl adjacent to an activating group) is 1. The fourth-order valence-corrected chi connectivity index (χ4v) is 5.03. The van der Waals surface area contributed by atoms with Crippen LogP contribution in [-0.2, 0) is 9.59 Å². The highest BCUT2D eigenvalue weighted by molar-refractivity contribution is 8.04. The first kappa shape index (κ1) is 21.9. The summed E-state index contributed by atoms with van der Waals surface area (Å²) in [5.74, 6) is -1.38. The monoisotopic (exact) mass is 460 g/mol. The highest BCUT2D eigenvalue weighted by atomic mass is 35.5. The summed E-state index contributed by atoms with van der Waals surface area (Å²) in [5.41, 5.74) is 1.82. The number of imide groups is 1. The van der Waals surface area contributed by atoms with E-state index in [0.717, 1.165) is 35.0 Å². The molecule has 2 aromatic carbocycles. The maximum absolute atomic E-state index is 13.7. The summed E-state index contributed by atoms with van der Waals surface area (Å²) in [7, 11) is 0. The minimum Gasteiger partial charge on any atom is -0.355 e. The van der Waals surface area contributed by atoms with Gasteiger partial charge in [-0.25, -0.2) is 9.29 Å². The molecule has 0 bridgehead atoms. The van der Waals surface area contributed by atoms with Gasteiger partial charge in [-0.05, 0) is 44.2 Å². The van der Waals surface area contributed by atoms with Crippen molar-refractivity contribution in [2.24, 2.45) is 0 Å². The van der Waals surface area contributed by atoms with Gasteiger partial charge >= 0.3 is 0 Å². The minimum absolute atomic E-state index is 0.126. The van der Waals surface area contributed by atoms with Gasteiger partial charge in [-0.1, -0.05) is 41.1 Å². The van der Waals surface area contributed by atoms with Crippen molar-refractivity contribution in [3.63, 3.8) is 0 Å². The number of hydrogen-bond acceptors (Lipinski definition) is 4. The van der Waals surface area contributed by atoms with E-state index in [1.165, 1.54) is 34.9 Å². The van der Waals surface area contributed by atoms with Crippen molar-refractivity contribution in [1.82, 2.24) is 4.90 Å². The van der Waals surface area contributed by atoms with Crippen molar-refractivity contribution >= 4 is 40.9 Å². The molecule has 0 aliphatic carbocycles. The predicted octanol–water partition coefficient (Wildman–Crippen LogP) is 2.89. The van der Waals surface area contributed by atoms with E-state index >= 15 is 0 Å². The van der Waals surface area contributed by atoms with Crippen LogP contribution in [0.5, 0.6) is 0 Å². The lowest BCUT2D eigenvalue weighted by molar-refractivity contribution is -0.902. The number of nitrogens with one attached hydrogen (secondary N) is 1. The summed E-state index contributed by atoms with van der Waals surface area (Å²) < 4.78 is 13.7. The minimum atomic E-state index is -0.592. The molecule has 2 amide bonds. The van der Waals surface area contributed by atoms with Crippen LogP contribution in [0.25, 0.3) is 0 Å². The summed E-state index contributed by atoms with van der Waals surface area (Å²) >= 11 is 7.23. The number of rotatable bonds is 5. The number of anilines is 1. The zero-order chi connectivity index (χ0) is 22.1. The normalized spacial score (nSPS) is 17.8. The number of halogens is 2. The van der Waals surface area contributed by atoms with E-state index < -0.39 is 11.7 Å². The summed E-state index contributed by atoms with van der Waals surface area (Å²) in [6.45, 7) is 8.40. The summed E-state index contributed by atoms with van der Waals surface area (Å²) in [4.78, 5) is 32.8. The SMILES string of the molecule is CC[NH+]1CCN(C2=C(Sc3ccc(C)cc3)C(=O)N(c3ccc(F)c(Cl)c3)C2=O)CC1. The second kappa shape index (κ2) is 9.02. The van der Waals surface area contributed by atoms with E-state index in [4.69, 9.17) is 11.6 Å².